The lowest BCUT2D eigenvalue weighted by Gasteiger charge is -2.21. The van der Waals surface area contributed by atoms with Crippen LogP contribution in [0, 0.1) is 0 Å². The van der Waals surface area contributed by atoms with Gasteiger partial charge in [0.05, 0.1) is 11.4 Å². The number of nitrogens with one attached hydrogen (secondary N) is 1. The molecule has 1 amide bonds. The Balaban J connectivity index is 1.49. The molecule has 1 N–H and O–H groups in total. The summed E-state index contributed by atoms with van der Waals surface area (Å²) in [5, 5.41) is 2.87. The van der Waals surface area contributed by atoms with E-state index in [4.69, 9.17) is 0 Å². The molecule has 0 unspecified atom stereocenters. The number of amides is 1. The molecule has 8 heteroatoms. The summed E-state index contributed by atoms with van der Waals surface area (Å²) in [5.74, 6) is -0.0882. The van der Waals surface area contributed by atoms with Gasteiger partial charge in [0.15, 0.2) is 0 Å². The first-order valence-electron chi connectivity index (χ1n) is 10.2. The minimum atomic E-state index is -3.47. The standard InChI is InChI=1S/C22H30N4O3S/c1-24(2)30(28,29)21-11-9-20(10-12-21)23-22(27)18-26-14-6-13-25(15-16-26)17-19-7-4-3-5-8-19/h3-5,7-12H,6,13-18H2,1-2H3,(H,23,27). The van der Waals surface area contributed by atoms with Crippen molar-refractivity contribution >= 4 is 21.6 Å². The van der Waals surface area contributed by atoms with Crippen LogP contribution in [0.15, 0.2) is 59.5 Å². The Labute approximate surface area is 179 Å². The Kier molecular flexibility index (Phi) is 7.60. The molecule has 1 fully saturated rings. The number of carbonyl (C=O) groups excluding carboxylic acids is 1. The Hall–Kier alpha value is -2.26. The summed E-state index contributed by atoms with van der Waals surface area (Å²) < 4.78 is 25.4. The van der Waals surface area contributed by atoms with Crippen molar-refractivity contribution in [3.05, 3.63) is 60.2 Å². The van der Waals surface area contributed by atoms with Gasteiger partial charge in [0, 0.05) is 39.4 Å². The lowest BCUT2D eigenvalue weighted by Crippen LogP contribution is -2.36. The molecule has 0 bridgehead atoms. The fraction of sp³-hybridized carbons (Fsp3) is 0.409. The number of anilines is 1. The molecular weight excluding hydrogens is 400 g/mol. The maximum Gasteiger partial charge on any atom is 0.242 e. The van der Waals surface area contributed by atoms with E-state index in [0.29, 0.717) is 12.2 Å². The zero-order valence-corrected chi connectivity index (χ0v) is 18.4. The van der Waals surface area contributed by atoms with E-state index in [1.54, 1.807) is 12.1 Å². The molecule has 1 saturated heterocycles. The summed E-state index contributed by atoms with van der Waals surface area (Å²) in [4.78, 5) is 17.3. The molecule has 0 atom stereocenters. The van der Waals surface area contributed by atoms with E-state index in [9.17, 15) is 13.2 Å². The predicted molar refractivity (Wildman–Crippen MR) is 119 cm³/mol. The number of benzene rings is 2. The van der Waals surface area contributed by atoms with Crippen molar-refractivity contribution in [3.63, 3.8) is 0 Å². The van der Waals surface area contributed by atoms with Crippen LogP contribution < -0.4 is 5.32 Å². The molecule has 3 rings (SSSR count). The molecule has 7 nitrogen and oxygen atoms in total. The Morgan fingerprint density at radius 1 is 0.933 bits per heavy atom. The van der Waals surface area contributed by atoms with Gasteiger partial charge in [-0.3, -0.25) is 14.6 Å². The summed E-state index contributed by atoms with van der Waals surface area (Å²) >= 11 is 0. The molecule has 1 heterocycles. The maximum atomic E-state index is 12.5. The fourth-order valence-electron chi connectivity index (χ4n) is 3.51. The van der Waals surface area contributed by atoms with Gasteiger partial charge in [0.25, 0.3) is 0 Å². The molecule has 2 aromatic rings. The minimum absolute atomic E-state index is 0.0882. The van der Waals surface area contributed by atoms with Crippen LogP contribution >= 0.6 is 0 Å². The second kappa shape index (κ2) is 10.2. The number of hydrogen-bond donors (Lipinski definition) is 1. The smallest absolute Gasteiger partial charge is 0.242 e. The molecule has 1 aliphatic heterocycles. The van der Waals surface area contributed by atoms with E-state index in [1.807, 2.05) is 6.07 Å². The summed E-state index contributed by atoms with van der Waals surface area (Å²) in [6.45, 7) is 4.95. The molecular formula is C22H30N4O3S. The number of sulfonamides is 1. The summed E-state index contributed by atoms with van der Waals surface area (Å²) in [7, 11) is -0.483. The third-order valence-electron chi connectivity index (χ3n) is 5.21. The van der Waals surface area contributed by atoms with Crippen molar-refractivity contribution in [1.82, 2.24) is 14.1 Å². The van der Waals surface area contributed by atoms with Gasteiger partial charge in [-0.15, -0.1) is 0 Å². The summed E-state index contributed by atoms with van der Waals surface area (Å²) in [5.41, 5.74) is 1.90. The van der Waals surface area contributed by atoms with Crippen LogP contribution in [-0.2, 0) is 21.4 Å². The van der Waals surface area contributed by atoms with Gasteiger partial charge in [-0.1, -0.05) is 30.3 Å². The van der Waals surface area contributed by atoms with E-state index in [1.165, 1.54) is 36.1 Å². The lowest BCUT2D eigenvalue weighted by molar-refractivity contribution is -0.117. The van der Waals surface area contributed by atoms with Crippen LogP contribution in [0.4, 0.5) is 5.69 Å². The Bertz CT molecular complexity index is 931. The zero-order chi connectivity index (χ0) is 21.6. The molecule has 0 spiro atoms. The van der Waals surface area contributed by atoms with Crippen molar-refractivity contribution < 1.29 is 13.2 Å². The topological polar surface area (TPSA) is 73.0 Å². The number of nitrogens with zero attached hydrogens (tertiary/aromatic N) is 3. The van der Waals surface area contributed by atoms with Crippen LogP contribution in [0.1, 0.15) is 12.0 Å². The first-order chi connectivity index (χ1) is 14.3. The molecule has 30 heavy (non-hydrogen) atoms. The van der Waals surface area contributed by atoms with E-state index in [-0.39, 0.29) is 10.8 Å². The first-order valence-corrected chi connectivity index (χ1v) is 11.6. The average molecular weight is 431 g/mol. The first kappa shape index (κ1) is 22.4. The summed E-state index contributed by atoms with van der Waals surface area (Å²) in [6, 6.07) is 16.7. The van der Waals surface area contributed by atoms with Gasteiger partial charge < -0.3 is 5.32 Å². The second-order valence-electron chi connectivity index (χ2n) is 7.75. The third-order valence-corrected chi connectivity index (χ3v) is 7.04. The largest absolute Gasteiger partial charge is 0.325 e. The van der Waals surface area contributed by atoms with Gasteiger partial charge in [-0.05, 0) is 49.3 Å². The van der Waals surface area contributed by atoms with Crippen molar-refractivity contribution in [3.8, 4) is 0 Å². The average Bonchev–Trinajstić information content (AvgIpc) is 2.94. The predicted octanol–water partition coefficient (Wildman–Crippen LogP) is 2.08. The number of carbonyl (C=O) groups is 1. The summed E-state index contributed by atoms with van der Waals surface area (Å²) in [6.07, 6.45) is 1.03. The van der Waals surface area contributed by atoms with Gasteiger partial charge in [-0.2, -0.15) is 0 Å². The highest BCUT2D eigenvalue weighted by Gasteiger charge is 2.19. The van der Waals surface area contributed by atoms with Crippen LogP contribution in [-0.4, -0.2) is 75.2 Å². The van der Waals surface area contributed by atoms with E-state index in [0.717, 1.165) is 39.1 Å². The molecule has 162 valence electrons. The minimum Gasteiger partial charge on any atom is -0.325 e. The molecule has 2 aromatic carbocycles. The van der Waals surface area contributed by atoms with Crippen LogP contribution in [0.25, 0.3) is 0 Å². The Morgan fingerprint density at radius 3 is 2.23 bits per heavy atom. The van der Waals surface area contributed by atoms with Gasteiger partial charge in [0.2, 0.25) is 15.9 Å². The van der Waals surface area contributed by atoms with E-state index < -0.39 is 10.0 Å². The van der Waals surface area contributed by atoms with Crippen LogP contribution in [0.5, 0.6) is 0 Å². The third kappa shape index (κ3) is 6.12. The quantitative estimate of drug-likeness (QED) is 0.728. The molecule has 1 aliphatic rings. The molecule has 0 radical (unpaired) electrons. The van der Waals surface area contributed by atoms with Gasteiger partial charge in [-0.25, -0.2) is 12.7 Å². The van der Waals surface area contributed by atoms with Crippen molar-refractivity contribution in [2.24, 2.45) is 0 Å². The van der Waals surface area contributed by atoms with E-state index in [2.05, 4.69) is 39.4 Å². The second-order valence-corrected chi connectivity index (χ2v) is 9.90. The Morgan fingerprint density at radius 2 is 1.57 bits per heavy atom. The number of hydrogen-bond acceptors (Lipinski definition) is 5. The van der Waals surface area contributed by atoms with Crippen molar-refractivity contribution in [2.75, 3.05) is 52.1 Å². The fourth-order valence-corrected chi connectivity index (χ4v) is 4.41. The van der Waals surface area contributed by atoms with Crippen molar-refractivity contribution in [2.45, 2.75) is 17.9 Å². The normalized spacial score (nSPS) is 16.4. The van der Waals surface area contributed by atoms with Crippen LogP contribution in [0.2, 0.25) is 0 Å². The SMILES string of the molecule is CN(C)S(=O)(=O)c1ccc(NC(=O)CN2CCCN(Cc3ccccc3)CC2)cc1. The highest BCUT2D eigenvalue weighted by Crippen LogP contribution is 2.17. The van der Waals surface area contributed by atoms with Gasteiger partial charge in [0.1, 0.15) is 0 Å². The lowest BCUT2D eigenvalue weighted by atomic mass is 10.2. The van der Waals surface area contributed by atoms with Gasteiger partial charge >= 0.3 is 0 Å². The highest BCUT2D eigenvalue weighted by atomic mass is 32.2. The zero-order valence-electron chi connectivity index (χ0n) is 17.6. The van der Waals surface area contributed by atoms with Crippen LogP contribution in [0.3, 0.4) is 0 Å². The number of rotatable bonds is 7. The molecule has 0 aromatic heterocycles. The monoisotopic (exact) mass is 430 g/mol. The highest BCUT2D eigenvalue weighted by molar-refractivity contribution is 7.89. The van der Waals surface area contributed by atoms with E-state index >= 15 is 0 Å². The molecule has 0 saturated carbocycles. The molecule has 0 aliphatic carbocycles. The maximum absolute atomic E-state index is 12.5. The van der Waals surface area contributed by atoms with Crippen molar-refractivity contribution in [1.29, 1.82) is 0 Å².